The zero-order chi connectivity index (χ0) is 17.3. The Hall–Kier alpha value is -0.630. The van der Waals surface area contributed by atoms with Crippen molar-refractivity contribution in [3.63, 3.8) is 0 Å². The zero-order valence-electron chi connectivity index (χ0n) is 15.5. The van der Waals surface area contributed by atoms with Gasteiger partial charge in [-0.25, -0.2) is 4.99 Å². The van der Waals surface area contributed by atoms with Crippen LogP contribution < -0.4 is 10.6 Å². The molecule has 0 spiro atoms. The van der Waals surface area contributed by atoms with Crippen molar-refractivity contribution >= 4 is 40.7 Å². The van der Waals surface area contributed by atoms with Crippen molar-refractivity contribution in [3.05, 3.63) is 35.4 Å². The number of nitrogens with one attached hydrogen (secondary N) is 2. The van der Waals surface area contributed by atoms with Crippen molar-refractivity contribution < 1.29 is 4.21 Å². The quantitative estimate of drug-likeness (QED) is 0.369. The van der Waals surface area contributed by atoms with Gasteiger partial charge in [-0.05, 0) is 45.2 Å². The highest BCUT2D eigenvalue weighted by molar-refractivity contribution is 14.0. The number of aliphatic imine (C=N–C) groups is 1. The summed E-state index contributed by atoms with van der Waals surface area (Å²) in [6.07, 6.45) is 1.01. The van der Waals surface area contributed by atoms with Crippen molar-refractivity contribution in [3.8, 4) is 0 Å². The average Bonchev–Trinajstić information content (AvgIpc) is 2.51. The fourth-order valence-electron chi connectivity index (χ4n) is 2.13. The molecule has 1 unspecified atom stereocenters. The molecule has 0 aliphatic heterocycles. The van der Waals surface area contributed by atoms with E-state index in [2.05, 4.69) is 46.8 Å². The third-order valence-electron chi connectivity index (χ3n) is 3.51. The summed E-state index contributed by atoms with van der Waals surface area (Å²) < 4.78 is 11.9. The summed E-state index contributed by atoms with van der Waals surface area (Å²) in [5.74, 6) is 1.41. The normalized spacial score (nSPS) is 13.1. The van der Waals surface area contributed by atoms with E-state index in [0.29, 0.717) is 18.8 Å². The lowest BCUT2D eigenvalue weighted by Crippen LogP contribution is -2.40. The highest BCUT2D eigenvalue weighted by Crippen LogP contribution is 2.11. The topological polar surface area (TPSA) is 53.5 Å². The van der Waals surface area contributed by atoms with E-state index in [9.17, 15) is 4.21 Å². The lowest BCUT2D eigenvalue weighted by atomic mass is 10.1. The van der Waals surface area contributed by atoms with Crippen molar-refractivity contribution in [1.29, 1.82) is 0 Å². The van der Waals surface area contributed by atoms with Crippen LogP contribution in [0.1, 0.15) is 45.7 Å². The first-order valence-corrected chi connectivity index (χ1v) is 9.67. The minimum atomic E-state index is -0.848. The Morgan fingerprint density at radius 3 is 2.29 bits per heavy atom. The van der Waals surface area contributed by atoms with Crippen LogP contribution >= 0.6 is 24.0 Å². The highest BCUT2D eigenvalue weighted by Gasteiger charge is 2.18. The molecule has 1 rings (SSSR count). The van der Waals surface area contributed by atoms with Crippen molar-refractivity contribution in [2.24, 2.45) is 4.99 Å². The van der Waals surface area contributed by atoms with Crippen LogP contribution in [0.25, 0.3) is 0 Å². The van der Waals surface area contributed by atoms with E-state index < -0.39 is 10.8 Å². The predicted octanol–water partition coefficient (Wildman–Crippen LogP) is 3.47. The Morgan fingerprint density at radius 2 is 1.75 bits per heavy atom. The Labute approximate surface area is 166 Å². The third-order valence-corrected chi connectivity index (χ3v) is 5.45. The molecule has 0 saturated heterocycles. The molecule has 2 N–H and O–H groups in total. The molecule has 1 atom stereocenters. The molecule has 1 aromatic rings. The van der Waals surface area contributed by atoms with Gasteiger partial charge in [0.05, 0.1) is 6.54 Å². The zero-order valence-corrected chi connectivity index (χ0v) is 18.7. The maximum atomic E-state index is 12.1. The van der Waals surface area contributed by atoms with Gasteiger partial charge in [0.2, 0.25) is 0 Å². The van der Waals surface area contributed by atoms with Gasteiger partial charge in [-0.1, -0.05) is 31.2 Å². The molecule has 1 aromatic carbocycles. The first-order valence-electron chi connectivity index (χ1n) is 8.36. The Kier molecular flexibility index (Phi) is 11.5. The van der Waals surface area contributed by atoms with Crippen molar-refractivity contribution in [2.75, 3.05) is 18.8 Å². The van der Waals surface area contributed by atoms with Crippen LogP contribution in [0.4, 0.5) is 0 Å². The smallest absolute Gasteiger partial charge is 0.191 e. The molecule has 4 nitrogen and oxygen atoms in total. The maximum Gasteiger partial charge on any atom is 0.191 e. The molecule has 0 radical (unpaired) electrons. The molecule has 138 valence electrons. The van der Waals surface area contributed by atoms with Gasteiger partial charge in [-0.3, -0.25) is 4.21 Å². The van der Waals surface area contributed by atoms with Gasteiger partial charge in [-0.2, -0.15) is 0 Å². The molecule has 0 aromatic heterocycles. The van der Waals surface area contributed by atoms with Gasteiger partial charge in [0, 0.05) is 34.4 Å². The minimum Gasteiger partial charge on any atom is -0.357 e. The minimum absolute atomic E-state index is 0. The van der Waals surface area contributed by atoms with Gasteiger partial charge in [0.15, 0.2) is 5.96 Å². The van der Waals surface area contributed by atoms with E-state index in [1.165, 1.54) is 11.1 Å². The first-order chi connectivity index (χ1) is 10.9. The Morgan fingerprint density at radius 1 is 1.12 bits per heavy atom. The summed E-state index contributed by atoms with van der Waals surface area (Å²) in [5, 5.41) is 6.52. The fourth-order valence-corrected chi connectivity index (χ4v) is 3.03. The Balaban J connectivity index is 0.00000529. The monoisotopic (exact) mass is 465 g/mol. The van der Waals surface area contributed by atoms with E-state index >= 15 is 0 Å². The summed E-state index contributed by atoms with van der Waals surface area (Å²) in [5.41, 5.74) is 2.59. The van der Waals surface area contributed by atoms with E-state index in [4.69, 9.17) is 0 Å². The second-order valence-corrected chi connectivity index (χ2v) is 8.73. The Bertz CT molecular complexity index is 541. The van der Waals surface area contributed by atoms with Gasteiger partial charge in [0.1, 0.15) is 0 Å². The lowest BCUT2D eigenvalue weighted by molar-refractivity contribution is 0.647. The summed E-state index contributed by atoms with van der Waals surface area (Å²) in [4.78, 5) is 4.65. The number of rotatable bonds is 7. The van der Waals surface area contributed by atoms with Crippen LogP contribution in [-0.4, -0.2) is 33.8 Å². The number of hydrogen-bond donors (Lipinski definition) is 2. The third kappa shape index (κ3) is 8.46. The predicted molar refractivity (Wildman–Crippen MR) is 117 cm³/mol. The summed E-state index contributed by atoms with van der Waals surface area (Å²) >= 11 is 0. The number of hydrogen-bond acceptors (Lipinski definition) is 2. The van der Waals surface area contributed by atoms with Gasteiger partial charge >= 0.3 is 0 Å². The van der Waals surface area contributed by atoms with Crippen LogP contribution in [0.15, 0.2) is 29.3 Å². The molecule has 6 heteroatoms. The van der Waals surface area contributed by atoms with E-state index in [-0.39, 0.29) is 28.7 Å². The van der Waals surface area contributed by atoms with E-state index in [1.54, 1.807) is 0 Å². The van der Waals surface area contributed by atoms with E-state index in [0.717, 1.165) is 18.9 Å². The molecule has 0 amide bonds. The van der Waals surface area contributed by atoms with Crippen LogP contribution in [-0.2, 0) is 23.8 Å². The van der Waals surface area contributed by atoms with Gasteiger partial charge in [0.25, 0.3) is 0 Å². The van der Waals surface area contributed by atoms with Crippen LogP contribution in [0, 0.1) is 0 Å². The van der Waals surface area contributed by atoms with Crippen molar-refractivity contribution in [2.45, 2.75) is 52.3 Å². The SMILES string of the molecule is CCNC(=NCc1ccccc1CC)NCCS(=O)C(C)(C)C.I. The molecule has 0 aliphatic rings. The molecular formula is C18H32IN3OS. The average molecular weight is 465 g/mol. The standard InChI is InChI=1S/C18H31N3OS.HI/c1-6-15-10-8-9-11-16(15)14-21-17(19-7-2)20-12-13-23(22)18(3,4)5;/h8-11H,6-7,12-14H2,1-5H3,(H2,19,20,21);1H. The number of benzene rings is 1. The molecule has 0 fully saturated rings. The largest absolute Gasteiger partial charge is 0.357 e. The molecule has 0 bridgehead atoms. The van der Waals surface area contributed by atoms with Crippen LogP contribution in [0.2, 0.25) is 0 Å². The van der Waals surface area contributed by atoms with Gasteiger partial charge < -0.3 is 10.6 Å². The molecule has 0 heterocycles. The van der Waals surface area contributed by atoms with E-state index in [1.807, 2.05) is 27.7 Å². The number of aryl methyl sites for hydroxylation is 1. The first kappa shape index (κ1) is 23.4. The highest BCUT2D eigenvalue weighted by atomic mass is 127. The summed E-state index contributed by atoms with van der Waals surface area (Å²) in [6.45, 7) is 12.3. The number of nitrogens with zero attached hydrogens (tertiary/aromatic N) is 1. The second kappa shape index (κ2) is 11.8. The molecular weight excluding hydrogens is 433 g/mol. The fraction of sp³-hybridized carbons (Fsp3) is 0.611. The number of halogens is 1. The summed E-state index contributed by atoms with van der Waals surface area (Å²) in [6, 6.07) is 8.40. The molecule has 0 aliphatic carbocycles. The van der Waals surface area contributed by atoms with Crippen LogP contribution in [0.3, 0.4) is 0 Å². The van der Waals surface area contributed by atoms with Crippen LogP contribution in [0.5, 0.6) is 0 Å². The van der Waals surface area contributed by atoms with Crippen molar-refractivity contribution in [1.82, 2.24) is 10.6 Å². The molecule has 0 saturated carbocycles. The second-order valence-electron chi connectivity index (χ2n) is 6.41. The maximum absolute atomic E-state index is 12.1. The number of guanidine groups is 1. The van der Waals surface area contributed by atoms with Gasteiger partial charge in [-0.15, -0.1) is 24.0 Å². The molecule has 24 heavy (non-hydrogen) atoms. The lowest BCUT2D eigenvalue weighted by Gasteiger charge is -2.18. The summed E-state index contributed by atoms with van der Waals surface area (Å²) in [7, 11) is -0.848.